The van der Waals surface area contributed by atoms with Gasteiger partial charge in [-0.3, -0.25) is 10.1 Å². The first kappa shape index (κ1) is 20.7. The van der Waals surface area contributed by atoms with E-state index in [1.807, 2.05) is 61.5 Å². The van der Waals surface area contributed by atoms with Crippen molar-refractivity contribution in [2.24, 2.45) is 0 Å². The minimum atomic E-state index is -0.737. The highest BCUT2D eigenvalue weighted by Gasteiger charge is 2.38. The van der Waals surface area contributed by atoms with Gasteiger partial charge in [-0.25, -0.2) is 4.39 Å². The van der Waals surface area contributed by atoms with Crippen molar-refractivity contribution < 1.29 is 9.18 Å². The van der Waals surface area contributed by atoms with Crippen LogP contribution in [0.2, 0.25) is 0 Å². The molecule has 0 radical (unpaired) electrons. The van der Waals surface area contributed by atoms with Crippen LogP contribution in [0.1, 0.15) is 34.0 Å². The van der Waals surface area contributed by atoms with E-state index >= 15 is 0 Å². The molecule has 154 valence electrons. The summed E-state index contributed by atoms with van der Waals surface area (Å²) in [5.74, 6) is -0.448. The van der Waals surface area contributed by atoms with Gasteiger partial charge in [0.2, 0.25) is 0 Å². The number of hydrogen-bond acceptors (Lipinski definition) is 2. The molecule has 0 aliphatic rings. The highest BCUT2D eigenvalue weighted by Crippen LogP contribution is 2.37. The summed E-state index contributed by atoms with van der Waals surface area (Å²) >= 11 is 0. The fourth-order valence-electron chi connectivity index (χ4n) is 4.07. The quantitative estimate of drug-likeness (QED) is 0.301. The van der Waals surface area contributed by atoms with Crippen molar-refractivity contribution in [3.63, 3.8) is 0 Å². The molecule has 31 heavy (non-hydrogen) atoms. The SMILES string of the molecule is CC(NC(c1ccccc1)(c1ccccc1)c1ccccc1)C(=O)c1ccc([18F])cc1. The molecule has 1 N–H and O–H groups in total. The molecule has 0 aliphatic carbocycles. The zero-order valence-electron chi connectivity index (χ0n) is 17.3. The van der Waals surface area contributed by atoms with Gasteiger partial charge >= 0.3 is 0 Å². The van der Waals surface area contributed by atoms with Crippen LogP contribution in [0.15, 0.2) is 115 Å². The molecule has 3 heteroatoms. The van der Waals surface area contributed by atoms with Crippen molar-refractivity contribution >= 4 is 5.78 Å². The number of benzene rings is 4. The fraction of sp³-hybridized carbons (Fsp3) is 0.107. The van der Waals surface area contributed by atoms with Crippen molar-refractivity contribution in [1.82, 2.24) is 5.32 Å². The topological polar surface area (TPSA) is 29.1 Å². The van der Waals surface area contributed by atoms with Crippen molar-refractivity contribution in [3.8, 4) is 0 Å². The average Bonchev–Trinajstić information content (AvgIpc) is 2.84. The third-order valence-electron chi connectivity index (χ3n) is 5.58. The summed E-state index contributed by atoms with van der Waals surface area (Å²) in [5.41, 5.74) is 2.84. The molecular formula is C28H24FNO. The number of rotatable bonds is 7. The largest absolute Gasteiger partial charge is 0.292 e. The molecule has 0 amide bonds. The predicted molar refractivity (Wildman–Crippen MR) is 123 cm³/mol. The van der Waals surface area contributed by atoms with Gasteiger partial charge in [-0.05, 0) is 47.9 Å². The smallest absolute Gasteiger partial charge is 0.179 e. The Morgan fingerprint density at radius 2 is 1.06 bits per heavy atom. The molecular weight excluding hydrogens is 384 g/mol. The Hall–Kier alpha value is -3.56. The maximum Gasteiger partial charge on any atom is 0.179 e. The molecule has 4 rings (SSSR count). The lowest BCUT2D eigenvalue weighted by molar-refractivity contribution is 0.0939. The van der Waals surface area contributed by atoms with Crippen LogP contribution in [0.25, 0.3) is 0 Å². The van der Waals surface area contributed by atoms with Crippen LogP contribution < -0.4 is 5.32 Å². The number of Topliss-reactive ketones (excluding diaryl/α,β-unsaturated/α-hetero) is 1. The molecule has 0 spiro atoms. The second kappa shape index (κ2) is 9.07. The fourth-order valence-corrected chi connectivity index (χ4v) is 4.07. The zero-order chi connectivity index (χ0) is 21.7. The van der Waals surface area contributed by atoms with Crippen LogP contribution in [-0.4, -0.2) is 11.8 Å². The third-order valence-corrected chi connectivity index (χ3v) is 5.58. The standard InChI is InChI=1S/C28H24FNO/c1-21(27(31)22-17-19-26(29)20-18-22)30-28(23-11-5-2-6-12-23,24-13-7-3-8-14-24)25-15-9-4-10-16-25/h2-21,30H,1H3/i29-1. The van der Waals surface area contributed by atoms with E-state index in [-0.39, 0.29) is 11.6 Å². The van der Waals surface area contributed by atoms with E-state index in [1.54, 1.807) is 0 Å². The Labute approximate surface area is 182 Å². The molecule has 2 nitrogen and oxygen atoms in total. The highest BCUT2D eigenvalue weighted by molar-refractivity contribution is 6.00. The average molecular weight is 409 g/mol. The maximum atomic E-state index is 13.4. The van der Waals surface area contributed by atoms with Crippen LogP contribution in [0, 0.1) is 5.82 Å². The van der Waals surface area contributed by atoms with Crippen LogP contribution in [0.5, 0.6) is 0 Å². The first-order valence-corrected chi connectivity index (χ1v) is 10.4. The van der Waals surface area contributed by atoms with Gasteiger partial charge in [0.05, 0.1) is 11.6 Å². The minimum Gasteiger partial charge on any atom is -0.292 e. The van der Waals surface area contributed by atoms with Gasteiger partial charge in [-0.15, -0.1) is 0 Å². The van der Waals surface area contributed by atoms with Crippen LogP contribution in [0.3, 0.4) is 0 Å². The van der Waals surface area contributed by atoms with E-state index in [1.165, 1.54) is 24.3 Å². The van der Waals surface area contributed by atoms with Crippen molar-refractivity contribution in [1.29, 1.82) is 0 Å². The molecule has 1 unspecified atom stereocenters. The Bertz CT molecular complexity index is 1030. The summed E-state index contributed by atoms with van der Waals surface area (Å²) in [7, 11) is 0. The summed E-state index contributed by atoms with van der Waals surface area (Å²) in [4.78, 5) is 13.2. The summed E-state index contributed by atoms with van der Waals surface area (Å²) in [6.45, 7) is 1.86. The van der Waals surface area contributed by atoms with E-state index in [4.69, 9.17) is 0 Å². The van der Waals surface area contributed by atoms with Crippen molar-refractivity contribution in [2.75, 3.05) is 0 Å². The predicted octanol–water partition coefficient (Wildman–Crippen LogP) is 5.98. The molecule has 4 aromatic carbocycles. The van der Waals surface area contributed by atoms with Gasteiger partial charge in [-0.2, -0.15) is 0 Å². The monoisotopic (exact) mass is 408 g/mol. The van der Waals surface area contributed by atoms with Gasteiger partial charge in [0.25, 0.3) is 0 Å². The van der Waals surface area contributed by atoms with Gasteiger partial charge < -0.3 is 0 Å². The lowest BCUT2D eigenvalue weighted by atomic mass is 9.76. The third kappa shape index (κ3) is 4.18. The molecule has 0 saturated carbocycles. The molecule has 4 aromatic rings. The lowest BCUT2D eigenvalue weighted by Gasteiger charge is -2.39. The van der Waals surface area contributed by atoms with Crippen molar-refractivity contribution in [2.45, 2.75) is 18.5 Å². The normalized spacial score (nSPS) is 12.3. The van der Waals surface area contributed by atoms with Crippen molar-refractivity contribution in [3.05, 3.63) is 143 Å². The van der Waals surface area contributed by atoms with Crippen LogP contribution in [0.4, 0.5) is 4.39 Å². The summed E-state index contributed by atoms with van der Waals surface area (Å²) in [6.07, 6.45) is 0. The molecule has 0 fully saturated rings. The molecule has 0 aromatic heterocycles. The lowest BCUT2D eigenvalue weighted by Crippen LogP contribution is -2.51. The van der Waals surface area contributed by atoms with Gasteiger partial charge in [-0.1, -0.05) is 91.0 Å². The summed E-state index contributed by atoms with van der Waals surface area (Å²) < 4.78 is 13.4. The van der Waals surface area contributed by atoms with E-state index < -0.39 is 11.6 Å². The van der Waals surface area contributed by atoms with Gasteiger partial charge in [0.15, 0.2) is 5.78 Å². The minimum absolute atomic E-state index is 0.0906. The van der Waals surface area contributed by atoms with E-state index in [9.17, 15) is 9.18 Å². The first-order chi connectivity index (χ1) is 15.1. The number of carbonyl (C=O) groups is 1. The number of ketones is 1. The maximum absolute atomic E-state index is 13.4. The first-order valence-electron chi connectivity index (χ1n) is 10.4. The molecule has 0 heterocycles. The summed E-state index contributed by atoms with van der Waals surface area (Å²) in [5, 5.41) is 3.65. The van der Waals surface area contributed by atoms with Gasteiger partial charge in [0, 0.05) is 5.56 Å². The Balaban J connectivity index is 1.86. The van der Waals surface area contributed by atoms with Crippen LogP contribution >= 0.6 is 0 Å². The summed E-state index contributed by atoms with van der Waals surface area (Å²) in [6, 6.07) is 35.6. The Morgan fingerprint density at radius 1 is 0.677 bits per heavy atom. The van der Waals surface area contributed by atoms with E-state index in [0.29, 0.717) is 5.56 Å². The Morgan fingerprint density at radius 3 is 1.45 bits per heavy atom. The molecule has 1 atom stereocenters. The highest BCUT2D eigenvalue weighted by atomic mass is 18.2. The number of halogens is 1. The van der Waals surface area contributed by atoms with E-state index in [0.717, 1.165) is 16.7 Å². The number of nitrogens with one attached hydrogen (secondary N) is 1. The number of carbonyl (C=O) groups excluding carboxylic acids is 1. The Kier molecular flexibility index (Phi) is 6.06. The second-order valence-corrected chi connectivity index (χ2v) is 7.59. The molecule has 0 bridgehead atoms. The number of hydrogen-bond donors (Lipinski definition) is 1. The van der Waals surface area contributed by atoms with Gasteiger partial charge in [0.1, 0.15) is 5.82 Å². The van der Waals surface area contributed by atoms with E-state index in [2.05, 4.69) is 41.7 Å². The molecule has 0 aliphatic heterocycles. The van der Waals surface area contributed by atoms with Crippen LogP contribution in [-0.2, 0) is 5.54 Å². The second-order valence-electron chi connectivity index (χ2n) is 7.59. The molecule has 0 saturated heterocycles. The zero-order valence-corrected chi connectivity index (χ0v) is 17.3.